The van der Waals surface area contributed by atoms with Gasteiger partial charge >= 0.3 is 0 Å². The predicted molar refractivity (Wildman–Crippen MR) is 78.2 cm³/mol. The number of rotatable bonds is 3. The van der Waals surface area contributed by atoms with Gasteiger partial charge in [-0.3, -0.25) is 9.69 Å². The third kappa shape index (κ3) is 2.95. The van der Waals surface area contributed by atoms with Crippen molar-refractivity contribution in [3.63, 3.8) is 0 Å². The quantitative estimate of drug-likeness (QED) is 0.871. The van der Waals surface area contributed by atoms with Gasteiger partial charge in [-0.05, 0) is 6.42 Å². The number of hydrogen-bond donors (Lipinski definition) is 2. The minimum Gasteiger partial charge on any atom is -0.326 e. The highest BCUT2D eigenvalue weighted by Crippen LogP contribution is 2.14. The standard InChI is InChI=1S/C15H18N4O/c16-12-6-7-19(9-12)10-13-8-14(20)18-15(17-13)11-4-2-1-3-5-11/h1-5,8,12H,6-7,9-10,16H2,(H,17,18,20). The summed E-state index contributed by atoms with van der Waals surface area (Å²) in [7, 11) is 0. The lowest BCUT2D eigenvalue weighted by atomic mass is 10.2. The van der Waals surface area contributed by atoms with Gasteiger partial charge in [-0.1, -0.05) is 30.3 Å². The van der Waals surface area contributed by atoms with Crippen LogP contribution in [0.4, 0.5) is 0 Å². The lowest BCUT2D eigenvalue weighted by Gasteiger charge is -2.14. The molecule has 3 N–H and O–H groups in total. The Morgan fingerprint density at radius 3 is 2.85 bits per heavy atom. The Morgan fingerprint density at radius 2 is 2.15 bits per heavy atom. The molecule has 1 unspecified atom stereocenters. The first-order chi connectivity index (χ1) is 9.70. The van der Waals surface area contributed by atoms with Gasteiger partial charge in [0.25, 0.3) is 5.56 Å². The van der Waals surface area contributed by atoms with Crippen LogP contribution in [-0.2, 0) is 6.54 Å². The van der Waals surface area contributed by atoms with Gasteiger partial charge in [-0.25, -0.2) is 4.98 Å². The maximum Gasteiger partial charge on any atom is 0.251 e. The van der Waals surface area contributed by atoms with Crippen LogP contribution in [0.15, 0.2) is 41.2 Å². The van der Waals surface area contributed by atoms with Crippen LogP contribution in [0.5, 0.6) is 0 Å². The minimum absolute atomic E-state index is 0.114. The molecule has 0 radical (unpaired) electrons. The number of aromatic amines is 1. The molecule has 0 amide bonds. The van der Waals surface area contributed by atoms with Crippen LogP contribution in [-0.4, -0.2) is 34.0 Å². The lowest BCUT2D eigenvalue weighted by molar-refractivity contribution is 0.322. The summed E-state index contributed by atoms with van der Waals surface area (Å²) >= 11 is 0. The largest absolute Gasteiger partial charge is 0.326 e. The third-order valence-corrected chi connectivity index (χ3v) is 3.54. The first-order valence-electron chi connectivity index (χ1n) is 6.84. The molecule has 1 saturated heterocycles. The van der Waals surface area contributed by atoms with E-state index >= 15 is 0 Å². The van der Waals surface area contributed by atoms with Crippen molar-refractivity contribution in [2.75, 3.05) is 13.1 Å². The van der Waals surface area contributed by atoms with Crippen molar-refractivity contribution >= 4 is 0 Å². The molecule has 5 heteroatoms. The molecule has 0 bridgehead atoms. The number of aromatic nitrogens is 2. The molecular formula is C15H18N4O. The first kappa shape index (κ1) is 13.0. The third-order valence-electron chi connectivity index (χ3n) is 3.54. The van der Waals surface area contributed by atoms with Crippen molar-refractivity contribution in [2.24, 2.45) is 5.73 Å². The number of H-pyrrole nitrogens is 1. The second kappa shape index (κ2) is 5.56. The van der Waals surface area contributed by atoms with Gasteiger partial charge in [0.05, 0.1) is 5.69 Å². The van der Waals surface area contributed by atoms with E-state index in [4.69, 9.17) is 5.73 Å². The zero-order valence-electron chi connectivity index (χ0n) is 11.2. The van der Waals surface area contributed by atoms with Gasteiger partial charge in [0.2, 0.25) is 0 Å². The van der Waals surface area contributed by atoms with E-state index in [9.17, 15) is 4.79 Å². The van der Waals surface area contributed by atoms with E-state index in [0.29, 0.717) is 12.4 Å². The number of likely N-dealkylation sites (tertiary alicyclic amines) is 1. The second-order valence-electron chi connectivity index (χ2n) is 5.24. The minimum atomic E-state index is -0.114. The van der Waals surface area contributed by atoms with Crippen LogP contribution in [0.1, 0.15) is 12.1 Å². The smallest absolute Gasteiger partial charge is 0.251 e. The number of nitrogens with one attached hydrogen (secondary N) is 1. The summed E-state index contributed by atoms with van der Waals surface area (Å²) in [6.07, 6.45) is 1.01. The van der Waals surface area contributed by atoms with Crippen LogP contribution >= 0.6 is 0 Å². The molecule has 0 spiro atoms. The van der Waals surface area contributed by atoms with Crippen LogP contribution < -0.4 is 11.3 Å². The molecule has 5 nitrogen and oxygen atoms in total. The fraction of sp³-hybridized carbons (Fsp3) is 0.333. The van der Waals surface area contributed by atoms with Crippen molar-refractivity contribution in [2.45, 2.75) is 19.0 Å². The van der Waals surface area contributed by atoms with Gasteiger partial charge in [0.1, 0.15) is 5.82 Å². The summed E-state index contributed by atoms with van der Waals surface area (Å²) in [4.78, 5) is 21.4. The summed E-state index contributed by atoms with van der Waals surface area (Å²) in [6, 6.07) is 11.5. The normalized spacial score (nSPS) is 19.4. The van der Waals surface area contributed by atoms with Crippen molar-refractivity contribution in [3.8, 4) is 11.4 Å². The molecule has 0 aliphatic carbocycles. The fourth-order valence-electron chi connectivity index (χ4n) is 2.56. The Labute approximate surface area is 117 Å². The van der Waals surface area contributed by atoms with E-state index in [1.165, 1.54) is 0 Å². The molecule has 2 aromatic rings. The zero-order valence-corrected chi connectivity index (χ0v) is 11.2. The van der Waals surface area contributed by atoms with Gasteiger partial charge < -0.3 is 10.7 Å². The molecule has 1 atom stereocenters. The van der Waals surface area contributed by atoms with Crippen molar-refractivity contribution in [3.05, 3.63) is 52.4 Å². The van der Waals surface area contributed by atoms with Gasteiger partial charge in [0.15, 0.2) is 0 Å². The number of hydrogen-bond acceptors (Lipinski definition) is 4. The molecule has 1 aliphatic heterocycles. The number of nitrogens with zero attached hydrogens (tertiary/aromatic N) is 2. The van der Waals surface area contributed by atoms with E-state index in [0.717, 1.165) is 30.8 Å². The molecular weight excluding hydrogens is 252 g/mol. The maximum atomic E-state index is 11.8. The molecule has 104 valence electrons. The molecule has 20 heavy (non-hydrogen) atoms. The zero-order chi connectivity index (χ0) is 13.9. The summed E-state index contributed by atoms with van der Waals surface area (Å²) in [5.41, 5.74) is 7.50. The van der Waals surface area contributed by atoms with Crippen molar-refractivity contribution in [1.29, 1.82) is 0 Å². The van der Waals surface area contributed by atoms with E-state index in [1.807, 2.05) is 30.3 Å². The molecule has 1 aliphatic rings. The molecule has 1 aromatic carbocycles. The SMILES string of the molecule is NC1CCN(Cc2cc(=O)[nH]c(-c3ccccc3)n2)C1. The van der Waals surface area contributed by atoms with E-state index in [2.05, 4.69) is 14.9 Å². The number of benzene rings is 1. The van der Waals surface area contributed by atoms with Crippen LogP contribution in [0, 0.1) is 0 Å². The first-order valence-corrected chi connectivity index (χ1v) is 6.84. The Balaban J connectivity index is 1.85. The van der Waals surface area contributed by atoms with Crippen LogP contribution in [0.25, 0.3) is 11.4 Å². The highest BCUT2D eigenvalue weighted by atomic mass is 16.1. The van der Waals surface area contributed by atoms with E-state index < -0.39 is 0 Å². The topological polar surface area (TPSA) is 75.0 Å². The molecule has 1 aromatic heterocycles. The average molecular weight is 270 g/mol. The summed E-state index contributed by atoms with van der Waals surface area (Å²) in [6.45, 7) is 2.52. The Bertz CT molecular complexity index is 638. The summed E-state index contributed by atoms with van der Waals surface area (Å²) in [5.74, 6) is 0.622. The maximum absolute atomic E-state index is 11.8. The molecule has 3 rings (SSSR count). The van der Waals surface area contributed by atoms with Gasteiger partial charge in [-0.15, -0.1) is 0 Å². The van der Waals surface area contributed by atoms with E-state index in [1.54, 1.807) is 6.07 Å². The van der Waals surface area contributed by atoms with E-state index in [-0.39, 0.29) is 11.6 Å². The lowest BCUT2D eigenvalue weighted by Crippen LogP contribution is -2.27. The van der Waals surface area contributed by atoms with Crippen LogP contribution in [0.3, 0.4) is 0 Å². The predicted octanol–water partition coefficient (Wildman–Crippen LogP) is 0.970. The number of nitrogens with two attached hydrogens (primary N) is 1. The summed E-state index contributed by atoms with van der Waals surface area (Å²) in [5, 5.41) is 0. The van der Waals surface area contributed by atoms with Crippen molar-refractivity contribution < 1.29 is 0 Å². The highest BCUT2D eigenvalue weighted by molar-refractivity contribution is 5.54. The van der Waals surface area contributed by atoms with Gasteiger partial charge in [-0.2, -0.15) is 0 Å². The van der Waals surface area contributed by atoms with Crippen molar-refractivity contribution in [1.82, 2.24) is 14.9 Å². The molecule has 2 heterocycles. The highest BCUT2D eigenvalue weighted by Gasteiger charge is 2.19. The average Bonchev–Trinajstić information content (AvgIpc) is 2.84. The Hall–Kier alpha value is -1.98. The monoisotopic (exact) mass is 270 g/mol. The fourth-order valence-corrected chi connectivity index (χ4v) is 2.56. The second-order valence-corrected chi connectivity index (χ2v) is 5.24. The van der Waals surface area contributed by atoms with Gasteiger partial charge in [0, 0.05) is 37.3 Å². The van der Waals surface area contributed by atoms with Crippen LogP contribution in [0.2, 0.25) is 0 Å². The Morgan fingerprint density at radius 1 is 1.35 bits per heavy atom. The summed E-state index contributed by atoms with van der Waals surface area (Å²) < 4.78 is 0. The molecule has 1 fully saturated rings. The molecule has 0 saturated carbocycles. The Kier molecular flexibility index (Phi) is 3.62.